The van der Waals surface area contributed by atoms with Crippen molar-refractivity contribution in [1.29, 1.82) is 0 Å². The van der Waals surface area contributed by atoms with Gasteiger partial charge >= 0.3 is 6.18 Å². The van der Waals surface area contributed by atoms with Crippen molar-refractivity contribution in [3.63, 3.8) is 0 Å². The van der Waals surface area contributed by atoms with Crippen molar-refractivity contribution in [2.45, 2.75) is 32.0 Å². The lowest BCUT2D eigenvalue weighted by Gasteiger charge is -2.30. The van der Waals surface area contributed by atoms with Crippen LogP contribution in [0.4, 0.5) is 13.2 Å². The number of nitrogens with two attached hydrogens (primary N) is 1. The van der Waals surface area contributed by atoms with Crippen molar-refractivity contribution in [2.75, 3.05) is 26.2 Å². The van der Waals surface area contributed by atoms with Crippen molar-refractivity contribution in [1.82, 2.24) is 4.90 Å². The molecule has 0 saturated heterocycles. The summed E-state index contributed by atoms with van der Waals surface area (Å²) in [6, 6.07) is 0. The molecule has 0 heterocycles. The summed E-state index contributed by atoms with van der Waals surface area (Å²) in [7, 11) is 0. The quantitative estimate of drug-likeness (QED) is 0.712. The van der Waals surface area contributed by atoms with Gasteiger partial charge in [0.05, 0.1) is 12.1 Å². The number of rotatable bonds is 6. The van der Waals surface area contributed by atoms with Crippen LogP contribution in [-0.2, 0) is 0 Å². The highest BCUT2D eigenvalue weighted by molar-refractivity contribution is 4.79. The Labute approximate surface area is 88.0 Å². The first-order chi connectivity index (χ1) is 6.70. The van der Waals surface area contributed by atoms with Gasteiger partial charge in [0.1, 0.15) is 0 Å². The van der Waals surface area contributed by atoms with Gasteiger partial charge in [-0.05, 0) is 19.9 Å². The summed E-state index contributed by atoms with van der Waals surface area (Å²) < 4.78 is 36.5. The van der Waals surface area contributed by atoms with E-state index in [2.05, 4.69) is 0 Å². The Balaban J connectivity index is 4.28. The average Bonchev–Trinajstić information content (AvgIpc) is 2.01. The molecule has 3 N–H and O–H groups in total. The summed E-state index contributed by atoms with van der Waals surface area (Å²) >= 11 is 0. The van der Waals surface area contributed by atoms with Gasteiger partial charge in [-0.2, -0.15) is 13.2 Å². The fraction of sp³-hybridized carbons (Fsp3) is 1.00. The van der Waals surface area contributed by atoms with Gasteiger partial charge in [-0.15, -0.1) is 0 Å². The van der Waals surface area contributed by atoms with Crippen molar-refractivity contribution >= 4 is 0 Å². The van der Waals surface area contributed by atoms with Crippen LogP contribution in [0.2, 0.25) is 0 Å². The molecule has 0 aromatic carbocycles. The fourth-order valence-corrected chi connectivity index (χ4v) is 1.33. The van der Waals surface area contributed by atoms with Crippen LogP contribution in [0.25, 0.3) is 0 Å². The molecule has 0 saturated carbocycles. The molecule has 0 bridgehead atoms. The number of nitrogens with zero attached hydrogens (tertiary/aromatic N) is 1. The lowest BCUT2D eigenvalue weighted by atomic mass is 10.1. The van der Waals surface area contributed by atoms with E-state index in [0.29, 0.717) is 13.0 Å². The van der Waals surface area contributed by atoms with Crippen molar-refractivity contribution in [2.24, 2.45) is 5.73 Å². The summed E-state index contributed by atoms with van der Waals surface area (Å²) in [5, 5.41) is 9.58. The molecule has 0 amide bonds. The highest BCUT2D eigenvalue weighted by Gasteiger charge is 2.33. The molecule has 6 heteroatoms. The maximum Gasteiger partial charge on any atom is 0.401 e. The van der Waals surface area contributed by atoms with E-state index in [1.54, 1.807) is 6.92 Å². The van der Waals surface area contributed by atoms with Crippen LogP contribution in [-0.4, -0.2) is 48.0 Å². The molecular formula is C9H19F3N2O. The van der Waals surface area contributed by atoms with Gasteiger partial charge in [0.2, 0.25) is 0 Å². The monoisotopic (exact) mass is 228 g/mol. The molecule has 0 aromatic heterocycles. The number of aliphatic hydroxyl groups is 1. The standard InChI is InChI=1S/C9H19F3N2O/c1-3-4-14(7-9(10,11)12)6-8(2,15)5-13/h15H,3-7,13H2,1-2H3. The molecule has 0 fully saturated rings. The molecule has 1 unspecified atom stereocenters. The van der Waals surface area contributed by atoms with E-state index in [4.69, 9.17) is 5.73 Å². The molecule has 0 spiro atoms. The molecule has 0 aromatic rings. The molecule has 3 nitrogen and oxygen atoms in total. The minimum Gasteiger partial charge on any atom is -0.388 e. The SMILES string of the molecule is CCCN(CC(F)(F)F)CC(C)(O)CN. The molecule has 0 radical (unpaired) electrons. The fourth-order valence-electron chi connectivity index (χ4n) is 1.33. The minimum absolute atomic E-state index is 0.0505. The van der Waals surface area contributed by atoms with Gasteiger partial charge in [-0.1, -0.05) is 6.92 Å². The molecular weight excluding hydrogens is 209 g/mol. The lowest BCUT2D eigenvalue weighted by molar-refractivity contribution is -0.151. The first-order valence-corrected chi connectivity index (χ1v) is 4.92. The van der Waals surface area contributed by atoms with Gasteiger partial charge in [0, 0.05) is 13.1 Å². The lowest BCUT2D eigenvalue weighted by Crippen LogP contribution is -2.48. The first-order valence-electron chi connectivity index (χ1n) is 4.92. The van der Waals surface area contributed by atoms with Crippen LogP contribution >= 0.6 is 0 Å². The molecule has 0 aliphatic carbocycles. The molecule has 92 valence electrons. The minimum atomic E-state index is -4.24. The van der Waals surface area contributed by atoms with Crippen LogP contribution in [0.15, 0.2) is 0 Å². The third-order valence-corrected chi connectivity index (χ3v) is 1.95. The number of alkyl halides is 3. The Morgan fingerprint density at radius 2 is 1.80 bits per heavy atom. The molecule has 15 heavy (non-hydrogen) atoms. The molecule has 1 atom stereocenters. The highest BCUT2D eigenvalue weighted by Crippen LogP contribution is 2.18. The zero-order valence-electron chi connectivity index (χ0n) is 9.14. The van der Waals surface area contributed by atoms with E-state index < -0.39 is 18.3 Å². The van der Waals surface area contributed by atoms with Crippen LogP contribution < -0.4 is 5.73 Å². The van der Waals surface area contributed by atoms with Gasteiger partial charge in [0.15, 0.2) is 0 Å². The Bertz CT molecular complexity index is 183. The van der Waals surface area contributed by atoms with E-state index in [1.165, 1.54) is 11.8 Å². The topological polar surface area (TPSA) is 49.5 Å². The summed E-state index contributed by atoms with van der Waals surface area (Å²) in [6.07, 6.45) is -3.63. The van der Waals surface area contributed by atoms with E-state index in [-0.39, 0.29) is 13.1 Å². The van der Waals surface area contributed by atoms with E-state index >= 15 is 0 Å². The Kier molecular flexibility index (Phi) is 5.55. The van der Waals surface area contributed by atoms with Gasteiger partial charge < -0.3 is 10.8 Å². The summed E-state index contributed by atoms with van der Waals surface area (Å²) in [6.45, 7) is 2.42. The maximum absolute atomic E-state index is 12.2. The normalized spacial score (nSPS) is 16.8. The Hall–Kier alpha value is -0.330. The highest BCUT2D eigenvalue weighted by atomic mass is 19.4. The summed E-state index contributed by atoms with van der Waals surface area (Å²) in [4.78, 5) is 1.17. The number of halogens is 3. The molecule has 0 aliphatic heterocycles. The number of hydrogen-bond donors (Lipinski definition) is 2. The van der Waals surface area contributed by atoms with Crippen molar-refractivity contribution < 1.29 is 18.3 Å². The van der Waals surface area contributed by atoms with Gasteiger partial charge in [-0.3, -0.25) is 4.90 Å². The maximum atomic E-state index is 12.2. The number of hydrogen-bond acceptors (Lipinski definition) is 3. The van der Waals surface area contributed by atoms with Crippen LogP contribution in [0.3, 0.4) is 0 Å². The smallest absolute Gasteiger partial charge is 0.388 e. The third-order valence-electron chi connectivity index (χ3n) is 1.95. The zero-order chi connectivity index (χ0) is 12.1. The predicted molar refractivity (Wildman–Crippen MR) is 52.5 cm³/mol. The van der Waals surface area contributed by atoms with Crippen LogP contribution in [0.5, 0.6) is 0 Å². The largest absolute Gasteiger partial charge is 0.401 e. The van der Waals surface area contributed by atoms with Crippen LogP contribution in [0.1, 0.15) is 20.3 Å². The van der Waals surface area contributed by atoms with Gasteiger partial charge in [0.25, 0.3) is 0 Å². The molecule has 0 rings (SSSR count). The average molecular weight is 228 g/mol. The van der Waals surface area contributed by atoms with E-state index in [1.807, 2.05) is 0 Å². The first kappa shape index (κ1) is 14.7. The van der Waals surface area contributed by atoms with Crippen LogP contribution in [0, 0.1) is 0 Å². The van der Waals surface area contributed by atoms with Gasteiger partial charge in [-0.25, -0.2) is 0 Å². The van der Waals surface area contributed by atoms with E-state index in [9.17, 15) is 18.3 Å². The van der Waals surface area contributed by atoms with E-state index in [0.717, 1.165) is 0 Å². The Morgan fingerprint density at radius 1 is 1.27 bits per heavy atom. The Morgan fingerprint density at radius 3 is 2.13 bits per heavy atom. The van der Waals surface area contributed by atoms with Crippen molar-refractivity contribution in [3.05, 3.63) is 0 Å². The second kappa shape index (κ2) is 5.67. The summed E-state index contributed by atoms with van der Waals surface area (Å²) in [5.74, 6) is 0. The third kappa shape index (κ3) is 7.58. The zero-order valence-corrected chi connectivity index (χ0v) is 9.14. The van der Waals surface area contributed by atoms with Crippen molar-refractivity contribution in [3.8, 4) is 0 Å². The summed E-state index contributed by atoms with van der Waals surface area (Å²) in [5.41, 5.74) is 3.99. The predicted octanol–water partition coefficient (Wildman–Crippen LogP) is 0.970. The molecule has 0 aliphatic rings. The second-order valence-corrected chi connectivity index (χ2v) is 4.03. The second-order valence-electron chi connectivity index (χ2n) is 4.03.